The molecular weight excluding hydrogens is 286 g/mol. The molecule has 2 aromatic rings. The van der Waals surface area contributed by atoms with Crippen LogP contribution in [0.3, 0.4) is 0 Å². The van der Waals surface area contributed by atoms with Crippen molar-refractivity contribution in [2.45, 2.75) is 25.2 Å². The topological polar surface area (TPSA) is 56.3 Å². The van der Waals surface area contributed by atoms with Gasteiger partial charge in [0.15, 0.2) is 9.84 Å². The molecule has 0 atom stereocenters. The molecule has 0 radical (unpaired) electrons. The summed E-state index contributed by atoms with van der Waals surface area (Å²) in [6.07, 6.45) is 2.09. The van der Waals surface area contributed by atoms with Crippen molar-refractivity contribution in [1.82, 2.24) is 4.98 Å². The van der Waals surface area contributed by atoms with Crippen molar-refractivity contribution in [1.29, 1.82) is 0 Å². The van der Waals surface area contributed by atoms with Crippen molar-refractivity contribution in [3.63, 3.8) is 0 Å². The van der Waals surface area contributed by atoms with Gasteiger partial charge in [-0.15, -0.1) is 0 Å². The van der Waals surface area contributed by atoms with Crippen LogP contribution in [0.1, 0.15) is 17.7 Å². The number of pyridine rings is 1. The summed E-state index contributed by atoms with van der Waals surface area (Å²) in [6.45, 7) is 4.19. The molecule has 4 nitrogen and oxygen atoms in total. The van der Waals surface area contributed by atoms with E-state index >= 15 is 0 Å². The average Bonchev–Trinajstić information content (AvgIpc) is 2.46. The second-order valence-electron chi connectivity index (χ2n) is 4.97. The summed E-state index contributed by atoms with van der Waals surface area (Å²) in [7, 11) is -3.23. The smallest absolute Gasteiger partial charge is 0.178 e. The Hall–Kier alpha value is -1.88. The van der Waals surface area contributed by atoms with Crippen molar-refractivity contribution < 1.29 is 13.2 Å². The van der Waals surface area contributed by atoms with E-state index in [9.17, 15) is 8.42 Å². The number of hydrogen-bond acceptors (Lipinski definition) is 4. The summed E-state index contributed by atoms with van der Waals surface area (Å²) in [6, 6.07) is 10.6. The van der Waals surface area contributed by atoms with E-state index in [-0.39, 0.29) is 5.75 Å². The highest BCUT2D eigenvalue weighted by atomic mass is 32.2. The second kappa shape index (κ2) is 6.72. The third-order valence-corrected chi connectivity index (χ3v) is 4.91. The third-order valence-electron chi connectivity index (χ3n) is 3.09. The van der Waals surface area contributed by atoms with Gasteiger partial charge in [0.2, 0.25) is 0 Å². The standard InChI is InChI=1S/C16H19NO3S/c1-13-4-8-16(9-5-13)21(18,19)11-3-10-20-15-7-6-14(2)17-12-15/h4-9,12H,3,10-11H2,1-2H3. The Labute approximate surface area is 125 Å². The monoisotopic (exact) mass is 305 g/mol. The van der Waals surface area contributed by atoms with Gasteiger partial charge in [0.05, 0.1) is 23.5 Å². The molecule has 0 aliphatic carbocycles. The first kappa shape index (κ1) is 15.5. The number of rotatable bonds is 6. The lowest BCUT2D eigenvalue weighted by atomic mass is 10.2. The predicted octanol–water partition coefficient (Wildman–Crippen LogP) is 2.94. The highest BCUT2D eigenvalue weighted by Crippen LogP contribution is 2.14. The first-order valence-corrected chi connectivity index (χ1v) is 8.47. The maximum Gasteiger partial charge on any atom is 0.178 e. The highest BCUT2D eigenvalue weighted by molar-refractivity contribution is 7.91. The fourth-order valence-electron chi connectivity index (χ4n) is 1.84. The lowest BCUT2D eigenvalue weighted by Crippen LogP contribution is -2.10. The number of ether oxygens (including phenoxy) is 1. The minimum absolute atomic E-state index is 0.0787. The van der Waals surface area contributed by atoms with Gasteiger partial charge in [-0.05, 0) is 44.5 Å². The summed E-state index contributed by atoms with van der Waals surface area (Å²) >= 11 is 0. The van der Waals surface area contributed by atoms with Gasteiger partial charge in [-0.3, -0.25) is 4.98 Å². The molecule has 0 spiro atoms. The number of nitrogens with zero attached hydrogens (tertiary/aromatic N) is 1. The van der Waals surface area contributed by atoms with Crippen molar-refractivity contribution in [2.24, 2.45) is 0 Å². The molecule has 0 saturated heterocycles. The zero-order valence-electron chi connectivity index (χ0n) is 12.2. The Kier molecular flexibility index (Phi) is 4.96. The van der Waals surface area contributed by atoms with E-state index in [0.29, 0.717) is 23.7 Å². The number of benzene rings is 1. The van der Waals surface area contributed by atoms with Gasteiger partial charge in [0.1, 0.15) is 5.75 Å². The summed E-state index contributed by atoms with van der Waals surface area (Å²) < 4.78 is 29.7. The van der Waals surface area contributed by atoms with Crippen LogP contribution in [0.25, 0.3) is 0 Å². The van der Waals surface area contributed by atoms with Crippen molar-refractivity contribution >= 4 is 9.84 Å². The van der Waals surface area contributed by atoms with Crippen LogP contribution >= 0.6 is 0 Å². The molecule has 0 aliphatic heterocycles. The minimum atomic E-state index is -3.23. The van der Waals surface area contributed by atoms with Crippen LogP contribution in [0.4, 0.5) is 0 Å². The van der Waals surface area contributed by atoms with E-state index in [1.54, 1.807) is 30.5 Å². The molecule has 1 heterocycles. The molecule has 0 fully saturated rings. The van der Waals surface area contributed by atoms with E-state index < -0.39 is 9.84 Å². The zero-order valence-corrected chi connectivity index (χ0v) is 13.1. The van der Waals surface area contributed by atoms with Crippen molar-refractivity contribution in [3.05, 3.63) is 53.9 Å². The van der Waals surface area contributed by atoms with Crippen LogP contribution in [0.2, 0.25) is 0 Å². The Balaban J connectivity index is 1.85. The Morgan fingerprint density at radius 1 is 1.05 bits per heavy atom. The van der Waals surface area contributed by atoms with Gasteiger partial charge in [0, 0.05) is 5.69 Å². The molecule has 1 aromatic carbocycles. The molecule has 0 unspecified atom stereocenters. The summed E-state index contributed by atoms with van der Waals surface area (Å²) in [4.78, 5) is 4.49. The van der Waals surface area contributed by atoms with Gasteiger partial charge in [0.25, 0.3) is 0 Å². The molecule has 0 bridgehead atoms. The summed E-state index contributed by atoms with van der Waals surface area (Å²) in [5.41, 5.74) is 1.97. The van der Waals surface area contributed by atoms with Crippen LogP contribution in [0.15, 0.2) is 47.5 Å². The molecular formula is C16H19NO3S. The van der Waals surface area contributed by atoms with Gasteiger partial charge < -0.3 is 4.74 Å². The summed E-state index contributed by atoms with van der Waals surface area (Å²) in [5.74, 6) is 0.739. The fourth-order valence-corrected chi connectivity index (χ4v) is 3.13. The first-order chi connectivity index (χ1) is 9.97. The van der Waals surface area contributed by atoms with E-state index in [4.69, 9.17) is 4.74 Å². The molecule has 0 saturated carbocycles. The first-order valence-electron chi connectivity index (χ1n) is 6.82. The predicted molar refractivity (Wildman–Crippen MR) is 82.3 cm³/mol. The maximum atomic E-state index is 12.1. The zero-order chi connectivity index (χ0) is 15.3. The lowest BCUT2D eigenvalue weighted by Gasteiger charge is -2.07. The quantitative estimate of drug-likeness (QED) is 0.770. The van der Waals surface area contributed by atoms with E-state index in [1.165, 1.54) is 0 Å². The number of sulfone groups is 1. The van der Waals surface area contributed by atoms with E-state index in [0.717, 1.165) is 11.3 Å². The highest BCUT2D eigenvalue weighted by Gasteiger charge is 2.13. The largest absolute Gasteiger partial charge is 0.492 e. The second-order valence-corrected chi connectivity index (χ2v) is 7.08. The van der Waals surface area contributed by atoms with E-state index in [1.807, 2.05) is 26.0 Å². The average molecular weight is 305 g/mol. The number of aryl methyl sites for hydroxylation is 2. The van der Waals surface area contributed by atoms with Crippen molar-refractivity contribution in [3.8, 4) is 5.75 Å². The van der Waals surface area contributed by atoms with Crippen molar-refractivity contribution in [2.75, 3.05) is 12.4 Å². The Morgan fingerprint density at radius 3 is 2.38 bits per heavy atom. The molecule has 21 heavy (non-hydrogen) atoms. The number of aromatic nitrogens is 1. The van der Waals surface area contributed by atoms with Gasteiger partial charge in [-0.2, -0.15) is 0 Å². The molecule has 5 heteroatoms. The van der Waals surface area contributed by atoms with Crippen LogP contribution in [0, 0.1) is 13.8 Å². The minimum Gasteiger partial charge on any atom is -0.492 e. The van der Waals surface area contributed by atoms with Crippen LogP contribution in [0.5, 0.6) is 5.75 Å². The number of hydrogen-bond donors (Lipinski definition) is 0. The third kappa shape index (κ3) is 4.56. The van der Waals surface area contributed by atoms with E-state index in [2.05, 4.69) is 4.98 Å². The molecule has 0 aliphatic rings. The Bertz CT molecular complexity index is 676. The van der Waals surface area contributed by atoms with Gasteiger partial charge >= 0.3 is 0 Å². The molecule has 0 amide bonds. The van der Waals surface area contributed by atoms with Gasteiger partial charge in [-0.25, -0.2) is 8.42 Å². The fraction of sp³-hybridized carbons (Fsp3) is 0.312. The Morgan fingerprint density at radius 2 is 1.76 bits per heavy atom. The maximum absolute atomic E-state index is 12.1. The van der Waals surface area contributed by atoms with Crippen LogP contribution in [-0.4, -0.2) is 25.8 Å². The SMILES string of the molecule is Cc1ccc(S(=O)(=O)CCCOc2ccc(C)nc2)cc1. The normalized spacial score (nSPS) is 11.3. The van der Waals surface area contributed by atoms with Gasteiger partial charge in [-0.1, -0.05) is 17.7 Å². The lowest BCUT2D eigenvalue weighted by molar-refractivity contribution is 0.316. The summed E-state index contributed by atoms with van der Waals surface area (Å²) in [5, 5.41) is 0. The molecule has 2 rings (SSSR count). The molecule has 1 aromatic heterocycles. The molecule has 0 N–H and O–H groups in total. The molecule has 112 valence electrons. The van der Waals surface area contributed by atoms with Crippen LogP contribution in [-0.2, 0) is 9.84 Å². The van der Waals surface area contributed by atoms with Crippen LogP contribution < -0.4 is 4.74 Å².